The Kier molecular flexibility index (Phi) is 4.24. The first-order valence-electron chi connectivity index (χ1n) is 7.23. The number of aromatic nitrogens is 4. The van der Waals surface area contributed by atoms with Crippen molar-refractivity contribution in [2.75, 3.05) is 0 Å². The second-order valence-electron chi connectivity index (χ2n) is 5.31. The van der Waals surface area contributed by atoms with Gasteiger partial charge in [0.1, 0.15) is 0 Å². The van der Waals surface area contributed by atoms with Gasteiger partial charge in [-0.1, -0.05) is 48.2 Å². The summed E-state index contributed by atoms with van der Waals surface area (Å²) in [5.74, 6) is 0. The van der Waals surface area contributed by atoms with Crippen molar-refractivity contribution in [1.29, 1.82) is 0 Å². The van der Waals surface area contributed by atoms with E-state index in [1.807, 2.05) is 6.07 Å². The van der Waals surface area contributed by atoms with Crippen LogP contribution in [0.15, 0.2) is 53.7 Å². The lowest BCUT2D eigenvalue weighted by Crippen LogP contribution is -2.01. The maximum atomic E-state index is 4.17. The molecule has 1 aromatic heterocycles. The van der Waals surface area contributed by atoms with Gasteiger partial charge in [0.25, 0.3) is 0 Å². The first kappa shape index (κ1) is 14.8. The minimum Gasteiger partial charge on any atom is -0.187 e. The van der Waals surface area contributed by atoms with Crippen LogP contribution in [0.3, 0.4) is 0 Å². The Morgan fingerprint density at radius 1 is 1.00 bits per heavy atom. The fraction of sp³-hybridized carbons (Fsp3) is 0.235. The van der Waals surface area contributed by atoms with Crippen LogP contribution in [0.2, 0.25) is 0 Å². The number of benzene rings is 2. The number of thioether (sulfide) groups is 1. The quantitative estimate of drug-likeness (QED) is 0.680. The van der Waals surface area contributed by atoms with E-state index in [4.69, 9.17) is 0 Å². The largest absolute Gasteiger partial charge is 0.214 e. The lowest BCUT2D eigenvalue weighted by molar-refractivity contribution is 0.754. The van der Waals surface area contributed by atoms with Crippen LogP contribution >= 0.6 is 11.8 Å². The number of tetrazole rings is 1. The van der Waals surface area contributed by atoms with Crippen molar-refractivity contribution in [3.05, 3.63) is 65.2 Å². The lowest BCUT2D eigenvalue weighted by atomic mass is 10.1. The molecule has 0 bridgehead atoms. The van der Waals surface area contributed by atoms with E-state index in [2.05, 4.69) is 78.8 Å². The molecule has 0 radical (unpaired) electrons. The molecule has 0 aliphatic heterocycles. The van der Waals surface area contributed by atoms with Gasteiger partial charge in [-0.15, -0.1) is 5.10 Å². The van der Waals surface area contributed by atoms with Crippen LogP contribution in [0.4, 0.5) is 0 Å². The molecule has 0 spiro atoms. The summed E-state index contributed by atoms with van der Waals surface area (Å²) in [5, 5.41) is 13.2. The third-order valence-corrected chi connectivity index (χ3v) is 4.82. The number of nitrogens with zero attached hydrogens (tertiary/aromatic N) is 4. The van der Waals surface area contributed by atoms with Crippen molar-refractivity contribution in [2.24, 2.45) is 0 Å². The predicted octanol–water partition coefficient (Wildman–Crippen LogP) is 4.13. The van der Waals surface area contributed by atoms with E-state index in [9.17, 15) is 0 Å². The molecule has 3 aromatic rings. The highest BCUT2D eigenvalue weighted by Crippen LogP contribution is 2.33. The number of hydrogen-bond acceptors (Lipinski definition) is 4. The van der Waals surface area contributed by atoms with Gasteiger partial charge >= 0.3 is 0 Å². The average Bonchev–Trinajstić information content (AvgIpc) is 2.99. The maximum absolute atomic E-state index is 4.17. The highest BCUT2D eigenvalue weighted by atomic mass is 32.2. The van der Waals surface area contributed by atoms with Gasteiger partial charge in [0, 0.05) is 5.25 Å². The maximum Gasteiger partial charge on any atom is 0.214 e. The molecule has 0 N–H and O–H groups in total. The summed E-state index contributed by atoms with van der Waals surface area (Å²) in [6.45, 7) is 6.37. The van der Waals surface area contributed by atoms with Gasteiger partial charge in [-0.05, 0) is 60.0 Å². The predicted molar refractivity (Wildman–Crippen MR) is 89.3 cm³/mol. The summed E-state index contributed by atoms with van der Waals surface area (Å²) in [6.07, 6.45) is 0. The van der Waals surface area contributed by atoms with Crippen LogP contribution in [0.5, 0.6) is 0 Å². The van der Waals surface area contributed by atoms with E-state index < -0.39 is 0 Å². The SMILES string of the molecule is Cc1ccc(-n2nnnc2SC(C)c2ccccc2)cc1C. The molecular weight excluding hydrogens is 292 g/mol. The van der Waals surface area contributed by atoms with Gasteiger partial charge in [0.15, 0.2) is 0 Å². The molecule has 0 saturated heterocycles. The highest BCUT2D eigenvalue weighted by molar-refractivity contribution is 7.99. The average molecular weight is 310 g/mol. The van der Waals surface area contributed by atoms with Crippen molar-refractivity contribution in [1.82, 2.24) is 20.2 Å². The molecular formula is C17H18N4S. The van der Waals surface area contributed by atoms with Gasteiger partial charge in [0.2, 0.25) is 5.16 Å². The van der Waals surface area contributed by atoms with Crippen LogP contribution in [0, 0.1) is 13.8 Å². The van der Waals surface area contributed by atoms with E-state index in [-0.39, 0.29) is 5.25 Å². The number of rotatable bonds is 4. The fourth-order valence-corrected chi connectivity index (χ4v) is 3.16. The lowest BCUT2D eigenvalue weighted by Gasteiger charge is -2.11. The molecule has 1 heterocycles. The number of aryl methyl sites for hydroxylation is 2. The Bertz CT molecular complexity index is 767. The van der Waals surface area contributed by atoms with Crippen LogP contribution in [-0.4, -0.2) is 20.2 Å². The minimum absolute atomic E-state index is 0.289. The molecule has 1 atom stereocenters. The van der Waals surface area contributed by atoms with Crippen molar-refractivity contribution in [3.63, 3.8) is 0 Å². The zero-order valence-corrected chi connectivity index (χ0v) is 13.7. The smallest absolute Gasteiger partial charge is 0.187 e. The Morgan fingerprint density at radius 2 is 1.77 bits per heavy atom. The molecule has 0 saturated carbocycles. The molecule has 5 heteroatoms. The zero-order valence-electron chi connectivity index (χ0n) is 12.9. The van der Waals surface area contributed by atoms with Crippen LogP contribution in [0.25, 0.3) is 5.69 Å². The summed E-state index contributed by atoms with van der Waals surface area (Å²) >= 11 is 1.66. The van der Waals surface area contributed by atoms with Crippen molar-refractivity contribution >= 4 is 11.8 Å². The topological polar surface area (TPSA) is 43.6 Å². The van der Waals surface area contributed by atoms with Crippen molar-refractivity contribution < 1.29 is 0 Å². The molecule has 0 aliphatic rings. The summed E-state index contributed by atoms with van der Waals surface area (Å²) in [4.78, 5) is 0. The molecule has 0 fully saturated rings. The summed E-state index contributed by atoms with van der Waals surface area (Å²) < 4.78 is 1.80. The molecule has 112 valence electrons. The molecule has 4 nitrogen and oxygen atoms in total. The fourth-order valence-electron chi connectivity index (χ4n) is 2.22. The Balaban J connectivity index is 1.87. The van der Waals surface area contributed by atoms with Crippen molar-refractivity contribution in [2.45, 2.75) is 31.2 Å². The van der Waals surface area contributed by atoms with E-state index in [0.717, 1.165) is 10.8 Å². The molecule has 1 unspecified atom stereocenters. The van der Waals surface area contributed by atoms with Crippen LogP contribution in [-0.2, 0) is 0 Å². The molecule has 22 heavy (non-hydrogen) atoms. The Labute approximate surface area is 134 Å². The highest BCUT2D eigenvalue weighted by Gasteiger charge is 2.14. The van der Waals surface area contributed by atoms with Gasteiger partial charge in [0.05, 0.1) is 5.69 Å². The minimum atomic E-state index is 0.289. The van der Waals surface area contributed by atoms with Crippen molar-refractivity contribution in [3.8, 4) is 5.69 Å². The van der Waals surface area contributed by atoms with E-state index >= 15 is 0 Å². The molecule has 2 aromatic carbocycles. The summed E-state index contributed by atoms with van der Waals surface area (Å²) in [7, 11) is 0. The first-order chi connectivity index (χ1) is 10.6. The number of hydrogen-bond donors (Lipinski definition) is 0. The second-order valence-corrected chi connectivity index (χ2v) is 6.62. The molecule has 0 aliphatic carbocycles. The van der Waals surface area contributed by atoms with E-state index in [1.54, 1.807) is 16.4 Å². The van der Waals surface area contributed by atoms with Gasteiger partial charge in [-0.2, -0.15) is 4.68 Å². The Morgan fingerprint density at radius 3 is 2.50 bits per heavy atom. The molecule has 0 amide bonds. The van der Waals surface area contributed by atoms with E-state index in [1.165, 1.54) is 16.7 Å². The monoisotopic (exact) mass is 310 g/mol. The van der Waals surface area contributed by atoms with Gasteiger partial charge in [-0.25, -0.2) is 0 Å². The van der Waals surface area contributed by atoms with Crippen LogP contribution in [0.1, 0.15) is 28.9 Å². The second kappa shape index (κ2) is 6.32. The summed E-state index contributed by atoms with van der Waals surface area (Å²) in [5.41, 5.74) is 4.77. The third kappa shape index (κ3) is 3.04. The normalized spacial score (nSPS) is 12.3. The van der Waals surface area contributed by atoms with E-state index in [0.29, 0.717) is 0 Å². The Hall–Kier alpha value is -2.14. The van der Waals surface area contributed by atoms with Crippen LogP contribution < -0.4 is 0 Å². The zero-order chi connectivity index (χ0) is 15.5. The van der Waals surface area contributed by atoms with Gasteiger partial charge < -0.3 is 0 Å². The summed E-state index contributed by atoms with van der Waals surface area (Å²) in [6, 6.07) is 16.7. The first-order valence-corrected chi connectivity index (χ1v) is 8.11. The van der Waals surface area contributed by atoms with Gasteiger partial charge in [-0.3, -0.25) is 0 Å². The molecule has 3 rings (SSSR count). The third-order valence-electron chi connectivity index (χ3n) is 3.73. The standard InChI is InChI=1S/C17H18N4S/c1-12-9-10-16(11-13(12)2)21-17(18-19-20-21)22-14(3)15-7-5-4-6-8-15/h4-11,14H,1-3H3.